The van der Waals surface area contributed by atoms with Gasteiger partial charge in [0.1, 0.15) is 28.6 Å². The number of methoxy groups -OCH3 is 2. The van der Waals surface area contributed by atoms with Crippen LogP contribution in [-0.2, 0) is 4.79 Å². The number of anilines is 1. The minimum absolute atomic E-state index is 0.110. The fraction of sp³-hybridized carbons (Fsp3) is 0.417. The maximum Gasteiger partial charge on any atom is 0.262 e. The first-order valence-electron chi connectivity index (χ1n) is 10.5. The molecule has 0 radical (unpaired) electrons. The van der Waals surface area contributed by atoms with E-state index in [1.54, 1.807) is 43.5 Å². The van der Waals surface area contributed by atoms with E-state index < -0.39 is 0 Å². The van der Waals surface area contributed by atoms with Crippen molar-refractivity contribution in [3.63, 3.8) is 0 Å². The van der Waals surface area contributed by atoms with E-state index in [1.807, 2.05) is 0 Å². The minimum Gasteiger partial charge on any atom is -0.497 e. The van der Waals surface area contributed by atoms with Crippen LogP contribution in [0.15, 0.2) is 36.4 Å². The van der Waals surface area contributed by atoms with Crippen LogP contribution < -0.4 is 24.3 Å². The standard InChI is InChI=1S/C24H27NO6/c1-28-16-7-9-19(22(12-16)29-2)25-23(27)15-30-17-6-8-18-20(26)14-24(31-21(18)13-17)10-4-3-5-11-24/h6-9,12-13H,3-5,10-11,14-15H2,1-2H3,(H,25,27). The average molecular weight is 425 g/mol. The molecule has 1 saturated carbocycles. The van der Waals surface area contributed by atoms with Gasteiger partial charge >= 0.3 is 0 Å². The summed E-state index contributed by atoms with van der Waals surface area (Å²) in [5.41, 5.74) is 0.718. The molecule has 31 heavy (non-hydrogen) atoms. The summed E-state index contributed by atoms with van der Waals surface area (Å²) in [7, 11) is 3.08. The van der Waals surface area contributed by atoms with E-state index >= 15 is 0 Å². The molecule has 2 aromatic carbocycles. The summed E-state index contributed by atoms with van der Waals surface area (Å²) in [6.45, 7) is -0.187. The van der Waals surface area contributed by atoms with Gasteiger partial charge < -0.3 is 24.3 Å². The zero-order chi connectivity index (χ0) is 21.8. The minimum atomic E-state index is -0.386. The molecule has 2 aromatic rings. The predicted molar refractivity (Wildman–Crippen MR) is 116 cm³/mol. The molecule has 1 fully saturated rings. The molecule has 1 aliphatic carbocycles. The number of benzene rings is 2. The third kappa shape index (κ3) is 4.60. The summed E-state index contributed by atoms with van der Waals surface area (Å²) in [6.07, 6.45) is 5.57. The van der Waals surface area contributed by atoms with Gasteiger partial charge in [0.25, 0.3) is 5.91 Å². The molecule has 0 atom stereocenters. The lowest BCUT2D eigenvalue weighted by Crippen LogP contribution is -2.43. The Morgan fingerprint density at radius 1 is 1.03 bits per heavy atom. The third-order valence-electron chi connectivity index (χ3n) is 5.88. The van der Waals surface area contributed by atoms with Crippen LogP contribution in [0.2, 0.25) is 0 Å². The van der Waals surface area contributed by atoms with Gasteiger partial charge in [0.15, 0.2) is 12.4 Å². The van der Waals surface area contributed by atoms with Crippen LogP contribution in [0.3, 0.4) is 0 Å². The Kier molecular flexibility index (Phi) is 6.02. The Balaban J connectivity index is 1.41. The Hall–Kier alpha value is -3.22. The predicted octanol–water partition coefficient (Wildman–Crippen LogP) is 4.39. The van der Waals surface area contributed by atoms with Gasteiger partial charge in [0.05, 0.1) is 31.9 Å². The first-order valence-corrected chi connectivity index (χ1v) is 10.5. The zero-order valence-corrected chi connectivity index (χ0v) is 17.9. The number of hydrogen-bond donors (Lipinski definition) is 1. The van der Waals surface area contributed by atoms with E-state index in [0.717, 1.165) is 25.7 Å². The van der Waals surface area contributed by atoms with E-state index in [9.17, 15) is 9.59 Å². The van der Waals surface area contributed by atoms with Gasteiger partial charge in [0.2, 0.25) is 0 Å². The van der Waals surface area contributed by atoms with E-state index in [2.05, 4.69) is 5.32 Å². The van der Waals surface area contributed by atoms with Gasteiger partial charge in [-0.3, -0.25) is 9.59 Å². The number of hydrogen-bond acceptors (Lipinski definition) is 6. The second-order valence-corrected chi connectivity index (χ2v) is 8.01. The Labute approximate surface area is 181 Å². The first kappa shape index (κ1) is 21.0. The number of fused-ring (bicyclic) bond motifs is 1. The fourth-order valence-electron chi connectivity index (χ4n) is 4.28. The van der Waals surface area contributed by atoms with Crippen molar-refractivity contribution in [3.8, 4) is 23.0 Å². The number of Topliss-reactive ketones (excluding diaryl/α,β-unsaturated/α-hetero) is 1. The number of nitrogens with one attached hydrogen (secondary N) is 1. The van der Waals surface area contributed by atoms with Crippen LogP contribution in [0.5, 0.6) is 23.0 Å². The number of ketones is 1. The summed E-state index contributed by atoms with van der Waals surface area (Å²) < 4.78 is 22.4. The summed E-state index contributed by atoms with van der Waals surface area (Å²) in [6, 6.07) is 10.3. The van der Waals surface area contributed by atoms with Crippen molar-refractivity contribution in [3.05, 3.63) is 42.0 Å². The largest absolute Gasteiger partial charge is 0.497 e. The van der Waals surface area contributed by atoms with Crippen LogP contribution in [-0.4, -0.2) is 38.1 Å². The molecule has 1 aliphatic heterocycles. The van der Waals surface area contributed by atoms with Gasteiger partial charge in [-0.15, -0.1) is 0 Å². The molecule has 0 bridgehead atoms. The highest BCUT2D eigenvalue weighted by molar-refractivity contribution is 6.00. The van der Waals surface area contributed by atoms with Crippen molar-refractivity contribution < 1.29 is 28.5 Å². The molecular formula is C24H27NO6. The van der Waals surface area contributed by atoms with Crippen molar-refractivity contribution in [1.82, 2.24) is 0 Å². The lowest BCUT2D eigenvalue weighted by atomic mass is 9.78. The second kappa shape index (κ2) is 8.88. The lowest BCUT2D eigenvalue weighted by Gasteiger charge is -2.40. The van der Waals surface area contributed by atoms with E-state index in [-0.39, 0.29) is 23.9 Å². The highest BCUT2D eigenvalue weighted by Crippen LogP contribution is 2.42. The summed E-state index contributed by atoms with van der Waals surface area (Å²) in [5.74, 6) is 1.93. The van der Waals surface area contributed by atoms with Gasteiger partial charge in [-0.25, -0.2) is 0 Å². The normalized spacial score (nSPS) is 16.8. The van der Waals surface area contributed by atoms with Crippen molar-refractivity contribution in [2.75, 3.05) is 26.1 Å². The molecular weight excluding hydrogens is 398 g/mol. The summed E-state index contributed by atoms with van der Waals surface area (Å²) in [5, 5.41) is 2.77. The van der Waals surface area contributed by atoms with E-state index in [0.29, 0.717) is 40.7 Å². The van der Waals surface area contributed by atoms with E-state index in [4.69, 9.17) is 18.9 Å². The van der Waals surface area contributed by atoms with Gasteiger partial charge in [0, 0.05) is 12.1 Å². The zero-order valence-electron chi connectivity index (χ0n) is 17.9. The molecule has 7 nitrogen and oxygen atoms in total. The molecule has 164 valence electrons. The van der Waals surface area contributed by atoms with Crippen LogP contribution in [0.1, 0.15) is 48.9 Å². The first-order chi connectivity index (χ1) is 15.0. The molecule has 1 heterocycles. The SMILES string of the molecule is COc1ccc(NC(=O)COc2ccc3c(c2)OC2(CCCCC2)CC3=O)c(OC)c1. The maximum atomic E-state index is 12.6. The smallest absolute Gasteiger partial charge is 0.262 e. The van der Waals surface area contributed by atoms with Gasteiger partial charge in [-0.1, -0.05) is 6.42 Å². The number of carbonyl (C=O) groups is 2. The molecule has 1 amide bonds. The van der Waals surface area contributed by atoms with Crippen LogP contribution in [0.25, 0.3) is 0 Å². The third-order valence-corrected chi connectivity index (χ3v) is 5.88. The van der Waals surface area contributed by atoms with Crippen molar-refractivity contribution in [2.45, 2.75) is 44.1 Å². The van der Waals surface area contributed by atoms with Gasteiger partial charge in [-0.2, -0.15) is 0 Å². The summed E-state index contributed by atoms with van der Waals surface area (Å²) in [4.78, 5) is 25.0. The average Bonchev–Trinajstić information content (AvgIpc) is 2.78. The van der Waals surface area contributed by atoms with Gasteiger partial charge in [-0.05, 0) is 49.9 Å². The molecule has 0 saturated heterocycles. The topological polar surface area (TPSA) is 83.1 Å². The van der Waals surface area contributed by atoms with Crippen molar-refractivity contribution >= 4 is 17.4 Å². The molecule has 2 aliphatic rings. The Morgan fingerprint density at radius 2 is 1.81 bits per heavy atom. The second-order valence-electron chi connectivity index (χ2n) is 8.01. The van der Waals surface area contributed by atoms with Crippen LogP contribution in [0.4, 0.5) is 5.69 Å². The lowest BCUT2D eigenvalue weighted by molar-refractivity contribution is -0.118. The number of amides is 1. The Bertz CT molecular complexity index is 980. The Morgan fingerprint density at radius 3 is 2.55 bits per heavy atom. The number of rotatable bonds is 6. The molecule has 4 rings (SSSR count). The van der Waals surface area contributed by atoms with Crippen molar-refractivity contribution in [2.24, 2.45) is 0 Å². The molecule has 1 N–H and O–H groups in total. The maximum absolute atomic E-state index is 12.6. The fourth-order valence-corrected chi connectivity index (χ4v) is 4.28. The molecule has 0 unspecified atom stereocenters. The van der Waals surface area contributed by atoms with Crippen LogP contribution >= 0.6 is 0 Å². The van der Waals surface area contributed by atoms with Crippen LogP contribution in [0, 0.1) is 0 Å². The quantitative estimate of drug-likeness (QED) is 0.739. The number of carbonyl (C=O) groups excluding carboxylic acids is 2. The highest BCUT2D eigenvalue weighted by atomic mass is 16.5. The monoisotopic (exact) mass is 425 g/mol. The highest BCUT2D eigenvalue weighted by Gasteiger charge is 2.41. The van der Waals surface area contributed by atoms with Crippen molar-refractivity contribution in [1.29, 1.82) is 0 Å². The van der Waals surface area contributed by atoms with E-state index in [1.165, 1.54) is 13.5 Å². The molecule has 7 heteroatoms. The summed E-state index contributed by atoms with van der Waals surface area (Å²) >= 11 is 0. The molecule has 0 aromatic heterocycles. The number of ether oxygens (including phenoxy) is 4. The molecule has 1 spiro atoms.